The molecule has 1 aliphatic rings. The highest BCUT2D eigenvalue weighted by molar-refractivity contribution is 5.91. The van der Waals surface area contributed by atoms with Gasteiger partial charge in [-0.2, -0.15) is 0 Å². The molecule has 1 fully saturated rings. The van der Waals surface area contributed by atoms with Crippen molar-refractivity contribution in [3.63, 3.8) is 0 Å². The number of amides is 3. The van der Waals surface area contributed by atoms with Crippen LogP contribution in [0.25, 0.3) is 0 Å². The molecule has 0 radical (unpaired) electrons. The van der Waals surface area contributed by atoms with Crippen LogP contribution in [0.3, 0.4) is 0 Å². The third-order valence-electron chi connectivity index (χ3n) is 2.89. The van der Waals surface area contributed by atoms with E-state index in [1.807, 2.05) is 0 Å². The maximum absolute atomic E-state index is 11.6. The predicted octanol–water partition coefficient (Wildman–Crippen LogP) is -3.73. The number of β-amino-alcohol motifs (C(OH)–C–C–N with tert-alkyl or cyclic N) is 1. The van der Waals surface area contributed by atoms with Gasteiger partial charge in [0.15, 0.2) is 0 Å². The summed E-state index contributed by atoms with van der Waals surface area (Å²) in [5.74, 6) is -3.48. The average molecular weight is 302 g/mol. The number of aliphatic hydroxyl groups is 1. The van der Waals surface area contributed by atoms with E-state index in [1.54, 1.807) is 0 Å². The smallest absolute Gasteiger partial charge is 0.326 e. The SMILES string of the molecule is NC(=O)C[C@H](NC(=O)CNC(=O)[C@@H]1C[C@@H](O)CN1)C(=O)O. The Bertz CT molecular complexity index is 440. The van der Waals surface area contributed by atoms with Crippen molar-refractivity contribution in [2.45, 2.75) is 31.0 Å². The van der Waals surface area contributed by atoms with Crippen molar-refractivity contribution in [1.82, 2.24) is 16.0 Å². The van der Waals surface area contributed by atoms with Gasteiger partial charge in [0, 0.05) is 6.54 Å². The molecule has 0 aromatic rings. The molecule has 0 aromatic heterocycles. The lowest BCUT2D eigenvalue weighted by Crippen LogP contribution is -2.49. The molecule has 21 heavy (non-hydrogen) atoms. The fraction of sp³-hybridized carbons (Fsp3) is 0.636. The van der Waals surface area contributed by atoms with Crippen LogP contribution in [-0.2, 0) is 19.2 Å². The Labute approximate surface area is 120 Å². The molecule has 10 nitrogen and oxygen atoms in total. The zero-order valence-corrected chi connectivity index (χ0v) is 11.2. The van der Waals surface area contributed by atoms with Gasteiger partial charge >= 0.3 is 5.97 Å². The molecular formula is C11H18N4O6. The molecule has 3 amide bonds. The van der Waals surface area contributed by atoms with Crippen LogP contribution in [0.15, 0.2) is 0 Å². The summed E-state index contributed by atoms with van der Waals surface area (Å²) in [6.07, 6.45) is -0.903. The van der Waals surface area contributed by atoms with Gasteiger partial charge in [0.1, 0.15) is 6.04 Å². The molecule has 0 aromatic carbocycles. The summed E-state index contributed by atoms with van der Waals surface area (Å²) in [6, 6.07) is -2.02. The van der Waals surface area contributed by atoms with E-state index in [-0.39, 0.29) is 6.42 Å². The Hall–Kier alpha value is -2.20. The summed E-state index contributed by atoms with van der Waals surface area (Å²) in [7, 11) is 0. The van der Waals surface area contributed by atoms with Crippen molar-refractivity contribution in [2.24, 2.45) is 5.73 Å². The first kappa shape index (κ1) is 16.9. The quantitative estimate of drug-likeness (QED) is 0.280. The van der Waals surface area contributed by atoms with Crippen LogP contribution < -0.4 is 21.7 Å². The van der Waals surface area contributed by atoms with Gasteiger partial charge < -0.3 is 31.9 Å². The fourth-order valence-electron chi connectivity index (χ4n) is 1.85. The van der Waals surface area contributed by atoms with Crippen molar-refractivity contribution in [1.29, 1.82) is 0 Å². The number of nitrogens with two attached hydrogens (primary N) is 1. The minimum Gasteiger partial charge on any atom is -0.480 e. The lowest BCUT2D eigenvalue weighted by molar-refractivity contribution is -0.143. The van der Waals surface area contributed by atoms with Gasteiger partial charge in [-0.1, -0.05) is 0 Å². The zero-order valence-electron chi connectivity index (χ0n) is 11.2. The Morgan fingerprint density at radius 3 is 2.48 bits per heavy atom. The minimum absolute atomic E-state index is 0.243. The number of carboxylic acid groups (broad SMARTS) is 1. The molecule has 1 saturated heterocycles. The van der Waals surface area contributed by atoms with Crippen LogP contribution >= 0.6 is 0 Å². The van der Waals surface area contributed by atoms with Gasteiger partial charge in [-0.3, -0.25) is 14.4 Å². The Balaban J connectivity index is 2.37. The van der Waals surface area contributed by atoms with Gasteiger partial charge in [-0.25, -0.2) is 4.79 Å². The molecule has 10 heteroatoms. The van der Waals surface area contributed by atoms with Crippen LogP contribution in [0.2, 0.25) is 0 Å². The molecule has 1 aliphatic heterocycles. The molecule has 0 saturated carbocycles. The number of primary amides is 1. The van der Waals surface area contributed by atoms with Crippen LogP contribution in [0.4, 0.5) is 0 Å². The standard InChI is InChI=1S/C11H18N4O6/c12-8(17)2-7(11(20)21)15-9(18)4-14-10(19)6-1-5(16)3-13-6/h5-7,13,16H,1-4H2,(H2,12,17)(H,14,19)(H,15,18)(H,20,21)/t5-,6+,7+/m1/s1. The van der Waals surface area contributed by atoms with E-state index in [0.717, 1.165) is 0 Å². The van der Waals surface area contributed by atoms with Gasteiger partial charge in [-0.05, 0) is 6.42 Å². The summed E-state index contributed by atoms with van der Waals surface area (Å²) in [5.41, 5.74) is 4.87. The molecule has 118 valence electrons. The number of carboxylic acids is 1. The van der Waals surface area contributed by atoms with E-state index in [1.165, 1.54) is 0 Å². The number of carbonyl (C=O) groups excluding carboxylic acids is 3. The monoisotopic (exact) mass is 302 g/mol. The van der Waals surface area contributed by atoms with Gasteiger partial charge in [0.25, 0.3) is 0 Å². The van der Waals surface area contributed by atoms with E-state index < -0.39 is 54.8 Å². The highest BCUT2D eigenvalue weighted by Crippen LogP contribution is 2.05. The number of carbonyl (C=O) groups is 4. The van der Waals surface area contributed by atoms with E-state index in [2.05, 4.69) is 16.0 Å². The van der Waals surface area contributed by atoms with E-state index >= 15 is 0 Å². The summed E-state index contributed by atoms with van der Waals surface area (Å²) in [5, 5.41) is 25.2. The highest BCUT2D eigenvalue weighted by Gasteiger charge is 2.28. The number of hydrogen-bond donors (Lipinski definition) is 6. The van der Waals surface area contributed by atoms with Crippen LogP contribution in [0, 0.1) is 0 Å². The molecule has 0 bridgehead atoms. The maximum Gasteiger partial charge on any atom is 0.326 e. The van der Waals surface area contributed by atoms with Crippen molar-refractivity contribution in [2.75, 3.05) is 13.1 Å². The second kappa shape index (κ2) is 7.55. The Morgan fingerprint density at radius 1 is 1.33 bits per heavy atom. The molecule has 1 rings (SSSR count). The topological polar surface area (TPSA) is 171 Å². The van der Waals surface area contributed by atoms with E-state index in [9.17, 15) is 24.3 Å². The van der Waals surface area contributed by atoms with Crippen molar-refractivity contribution < 1.29 is 29.4 Å². The number of hydrogen-bond acceptors (Lipinski definition) is 6. The largest absolute Gasteiger partial charge is 0.480 e. The molecule has 0 unspecified atom stereocenters. The number of aliphatic carboxylic acids is 1. The first-order valence-corrected chi connectivity index (χ1v) is 6.29. The summed E-state index contributed by atoms with van der Waals surface area (Å²) >= 11 is 0. The second-order valence-electron chi connectivity index (χ2n) is 4.70. The molecule has 7 N–H and O–H groups in total. The Kier molecular flexibility index (Phi) is 6.06. The van der Waals surface area contributed by atoms with Crippen molar-refractivity contribution >= 4 is 23.7 Å². The summed E-state index contributed by atoms with van der Waals surface area (Å²) in [4.78, 5) is 44.6. The molecule has 0 aliphatic carbocycles. The second-order valence-corrected chi connectivity index (χ2v) is 4.70. The Morgan fingerprint density at radius 2 is 2.00 bits per heavy atom. The normalized spacial score (nSPS) is 22.3. The van der Waals surface area contributed by atoms with Gasteiger partial charge in [-0.15, -0.1) is 0 Å². The molecule has 3 atom stereocenters. The van der Waals surface area contributed by atoms with Crippen molar-refractivity contribution in [3.8, 4) is 0 Å². The first-order chi connectivity index (χ1) is 9.79. The van der Waals surface area contributed by atoms with Crippen LogP contribution in [0.1, 0.15) is 12.8 Å². The minimum atomic E-state index is -1.43. The molecule has 1 heterocycles. The van der Waals surface area contributed by atoms with Crippen molar-refractivity contribution in [3.05, 3.63) is 0 Å². The van der Waals surface area contributed by atoms with E-state index in [0.29, 0.717) is 6.54 Å². The third-order valence-corrected chi connectivity index (χ3v) is 2.89. The molecular weight excluding hydrogens is 284 g/mol. The summed E-state index contributed by atoms with van der Waals surface area (Å²) < 4.78 is 0. The number of nitrogens with one attached hydrogen (secondary N) is 3. The maximum atomic E-state index is 11.6. The average Bonchev–Trinajstić information content (AvgIpc) is 2.81. The third kappa shape index (κ3) is 5.75. The number of rotatable bonds is 7. The zero-order chi connectivity index (χ0) is 16.0. The lowest BCUT2D eigenvalue weighted by Gasteiger charge is -2.14. The van der Waals surface area contributed by atoms with Gasteiger partial charge in [0.2, 0.25) is 17.7 Å². The van der Waals surface area contributed by atoms with Gasteiger partial charge in [0.05, 0.1) is 25.1 Å². The van der Waals surface area contributed by atoms with Crippen LogP contribution in [0.5, 0.6) is 0 Å². The first-order valence-electron chi connectivity index (χ1n) is 6.29. The predicted molar refractivity (Wildman–Crippen MR) is 68.8 cm³/mol. The number of aliphatic hydroxyl groups excluding tert-OH is 1. The van der Waals surface area contributed by atoms with E-state index in [4.69, 9.17) is 10.8 Å². The van der Waals surface area contributed by atoms with Crippen LogP contribution in [-0.4, -0.2) is 65.2 Å². The lowest BCUT2D eigenvalue weighted by atomic mass is 10.2. The fourth-order valence-corrected chi connectivity index (χ4v) is 1.85. The summed E-state index contributed by atoms with van der Waals surface area (Å²) in [6.45, 7) is -0.139. The molecule has 0 spiro atoms. The highest BCUT2D eigenvalue weighted by atomic mass is 16.4.